The van der Waals surface area contributed by atoms with Gasteiger partial charge in [-0.25, -0.2) is 17.2 Å². The molecule has 0 aliphatic carbocycles. The maximum atomic E-state index is 13.4. The molecule has 0 atom stereocenters. The number of aliphatic hydroxyl groups excluding tert-OH is 1. The highest BCUT2D eigenvalue weighted by Gasteiger charge is 2.17. The summed E-state index contributed by atoms with van der Waals surface area (Å²) in [5.41, 5.74) is 0.0685. The fraction of sp³-hybridized carbons (Fsp3) is 0.400. The third-order valence-corrected chi connectivity index (χ3v) is 3.22. The van der Waals surface area contributed by atoms with Gasteiger partial charge in [-0.1, -0.05) is 0 Å². The van der Waals surface area contributed by atoms with Crippen molar-refractivity contribution >= 4 is 9.84 Å². The molecule has 1 N–H and O–H groups in total. The first-order valence-corrected chi connectivity index (χ1v) is 6.54. The van der Waals surface area contributed by atoms with Gasteiger partial charge in [-0.05, 0) is 30.5 Å². The summed E-state index contributed by atoms with van der Waals surface area (Å²) in [4.78, 5) is -0.641. The average Bonchev–Trinajstić information content (AvgIpc) is 2.17. The molecule has 0 aliphatic heterocycles. The van der Waals surface area contributed by atoms with Crippen molar-refractivity contribution < 1.29 is 22.3 Å². The highest BCUT2D eigenvalue weighted by atomic mass is 32.2. The maximum Gasteiger partial charge on any atom is 0.178 e. The largest absolute Gasteiger partial charge is 0.396 e. The van der Waals surface area contributed by atoms with Crippen molar-refractivity contribution in [1.29, 1.82) is 0 Å². The molecule has 0 spiro atoms. The van der Waals surface area contributed by atoms with E-state index >= 15 is 0 Å². The molecule has 0 aliphatic rings. The van der Waals surface area contributed by atoms with Crippen molar-refractivity contribution in [2.24, 2.45) is 0 Å². The molecule has 0 amide bonds. The van der Waals surface area contributed by atoms with Crippen LogP contribution >= 0.6 is 0 Å². The molecular weight excluding hydrogens is 238 g/mol. The first-order chi connectivity index (χ1) is 7.36. The molecule has 0 heterocycles. The number of hydrogen-bond acceptors (Lipinski definition) is 3. The zero-order valence-electron chi connectivity index (χ0n) is 8.70. The topological polar surface area (TPSA) is 54.4 Å². The summed E-state index contributed by atoms with van der Waals surface area (Å²) in [6, 6.07) is 1.54. The molecular formula is C10H12F2O3S. The molecule has 0 bridgehead atoms. The third kappa shape index (κ3) is 2.99. The van der Waals surface area contributed by atoms with Gasteiger partial charge in [0.1, 0.15) is 16.5 Å². The maximum absolute atomic E-state index is 13.4. The molecule has 0 radical (unpaired) electrons. The van der Waals surface area contributed by atoms with Crippen LogP contribution in [0.25, 0.3) is 0 Å². The molecule has 0 aromatic heterocycles. The molecule has 0 saturated carbocycles. The number of aryl methyl sites for hydroxylation is 1. The van der Waals surface area contributed by atoms with Crippen molar-refractivity contribution in [2.45, 2.75) is 17.7 Å². The van der Waals surface area contributed by atoms with Gasteiger partial charge in [0.05, 0.1) is 0 Å². The normalized spacial score (nSPS) is 11.8. The van der Waals surface area contributed by atoms with Crippen LogP contribution in [0, 0.1) is 11.6 Å². The summed E-state index contributed by atoms with van der Waals surface area (Å²) in [5.74, 6) is -1.73. The van der Waals surface area contributed by atoms with E-state index < -0.39 is 26.4 Å². The lowest BCUT2D eigenvalue weighted by Gasteiger charge is -2.06. The van der Waals surface area contributed by atoms with E-state index in [0.717, 1.165) is 12.3 Å². The van der Waals surface area contributed by atoms with Crippen LogP contribution in [-0.4, -0.2) is 26.4 Å². The van der Waals surface area contributed by atoms with Crippen molar-refractivity contribution in [2.75, 3.05) is 12.9 Å². The van der Waals surface area contributed by atoms with E-state index in [2.05, 4.69) is 0 Å². The number of aliphatic hydroxyl groups is 1. The fourth-order valence-corrected chi connectivity index (χ4v) is 2.05. The highest BCUT2D eigenvalue weighted by Crippen LogP contribution is 2.20. The SMILES string of the molecule is CS(=O)(=O)c1cc(F)c(CCCO)cc1F. The number of rotatable bonds is 4. The number of sulfone groups is 1. The molecule has 0 unspecified atom stereocenters. The molecule has 0 fully saturated rings. The summed E-state index contributed by atoms with van der Waals surface area (Å²) in [6.45, 7) is -0.130. The van der Waals surface area contributed by atoms with E-state index in [1.165, 1.54) is 0 Å². The van der Waals surface area contributed by atoms with Gasteiger partial charge >= 0.3 is 0 Å². The standard InChI is InChI=1S/C10H12F2O3S/c1-16(14,15)10-6-8(11)7(3-2-4-13)5-9(10)12/h5-6,13H,2-4H2,1H3. The molecule has 1 aromatic carbocycles. The molecule has 1 rings (SSSR count). The van der Waals surface area contributed by atoms with Gasteiger partial charge in [-0.2, -0.15) is 0 Å². The van der Waals surface area contributed by atoms with Crippen molar-refractivity contribution in [1.82, 2.24) is 0 Å². The van der Waals surface area contributed by atoms with Crippen LogP contribution in [-0.2, 0) is 16.3 Å². The lowest BCUT2D eigenvalue weighted by molar-refractivity contribution is 0.288. The number of hydrogen-bond donors (Lipinski definition) is 1. The molecule has 3 nitrogen and oxygen atoms in total. The summed E-state index contributed by atoms with van der Waals surface area (Å²) in [7, 11) is -3.76. The van der Waals surface area contributed by atoms with Crippen LogP contribution in [0.3, 0.4) is 0 Å². The first-order valence-electron chi connectivity index (χ1n) is 4.65. The van der Waals surface area contributed by atoms with Gasteiger partial charge in [0.25, 0.3) is 0 Å². The third-order valence-electron chi connectivity index (χ3n) is 2.10. The zero-order chi connectivity index (χ0) is 12.3. The van der Waals surface area contributed by atoms with E-state index in [1.807, 2.05) is 0 Å². The van der Waals surface area contributed by atoms with E-state index in [-0.39, 0.29) is 18.6 Å². The second-order valence-electron chi connectivity index (χ2n) is 3.47. The summed E-state index contributed by atoms with van der Waals surface area (Å²) in [6.07, 6.45) is 1.29. The Labute approximate surface area is 92.6 Å². The van der Waals surface area contributed by atoms with Crippen LogP contribution in [0.5, 0.6) is 0 Å². The highest BCUT2D eigenvalue weighted by molar-refractivity contribution is 7.90. The van der Waals surface area contributed by atoms with Crippen LogP contribution in [0.4, 0.5) is 8.78 Å². The van der Waals surface area contributed by atoms with Crippen LogP contribution < -0.4 is 0 Å². The lowest BCUT2D eigenvalue weighted by Crippen LogP contribution is -2.04. The van der Waals surface area contributed by atoms with Crippen LogP contribution in [0.2, 0.25) is 0 Å². The second-order valence-corrected chi connectivity index (χ2v) is 5.46. The van der Waals surface area contributed by atoms with Gasteiger partial charge in [-0.15, -0.1) is 0 Å². The predicted molar refractivity (Wildman–Crippen MR) is 54.9 cm³/mol. The molecule has 1 aromatic rings. The lowest BCUT2D eigenvalue weighted by atomic mass is 10.1. The Morgan fingerprint density at radius 2 is 1.88 bits per heavy atom. The van der Waals surface area contributed by atoms with Gasteiger partial charge in [-0.3, -0.25) is 0 Å². The van der Waals surface area contributed by atoms with Crippen molar-refractivity contribution in [3.63, 3.8) is 0 Å². The van der Waals surface area contributed by atoms with E-state index in [1.54, 1.807) is 0 Å². The van der Waals surface area contributed by atoms with Crippen molar-refractivity contribution in [3.05, 3.63) is 29.3 Å². The van der Waals surface area contributed by atoms with Gasteiger partial charge in [0, 0.05) is 12.9 Å². The number of benzene rings is 1. The van der Waals surface area contributed by atoms with Gasteiger partial charge in [0.15, 0.2) is 9.84 Å². The Morgan fingerprint density at radius 3 is 2.38 bits per heavy atom. The van der Waals surface area contributed by atoms with E-state index in [0.29, 0.717) is 12.5 Å². The number of halogens is 2. The molecule has 90 valence electrons. The Balaban J connectivity index is 3.17. The minimum Gasteiger partial charge on any atom is -0.396 e. The summed E-state index contributed by atoms with van der Waals surface area (Å²) in [5, 5.41) is 8.56. The van der Waals surface area contributed by atoms with E-state index in [9.17, 15) is 17.2 Å². The Hall–Kier alpha value is -1.01. The van der Waals surface area contributed by atoms with Crippen LogP contribution in [0.1, 0.15) is 12.0 Å². The summed E-state index contributed by atoms with van der Waals surface area (Å²) >= 11 is 0. The fourth-order valence-electron chi connectivity index (χ4n) is 1.32. The minimum absolute atomic E-state index is 0.0685. The van der Waals surface area contributed by atoms with Crippen LogP contribution in [0.15, 0.2) is 17.0 Å². The molecule has 16 heavy (non-hydrogen) atoms. The quantitative estimate of drug-likeness (QED) is 0.876. The smallest absolute Gasteiger partial charge is 0.178 e. The predicted octanol–water partition coefficient (Wildman–Crippen LogP) is 1.29. The molecule has 0 saturated heterocycles. The Kier molecular flexibility index (Phi) is 3.98. The molecule has 6 heteroatoms. The zero-order valence-corrected chi connectivity index (χ0v) is 9.52. The first kappa shape index (κ1) is 13.1. The van der Waals surface area contributed by atoms with Crippen molar-refractivity contribution in [3.8, 4) is 0 Å². The monoisotopic (exact) mass is 250 g/mol. The average molecular weight is 250 g/mol. The Bertz CT molecular complexity index is 483. The minimum atomic E-state index is -3.76. The van der Waals surface area contributed by atoms with E-state index in [4.69, 9.17) is 5.11 Å². The Morgan fingerprint density at radius 1 is 1.25 bits per heavy atom. The van der Waals surface area contributed by atoms with Gasteiger partial charge in [0.2, 0.25) is 0 Å². The van der Waals surface area contributed by atoms with Gasteiger partial charge < -0.3 is 5.11 Å². The second kappa shape index (κ2) is 4.88. The summed E-state index contributed by atoms with van der Waals surface area (Å²) < 4.78 is 48.9.